The first-order valence-electron chi connectivity index (χ1n) is 9.93. The summed E-state index contributed by atoms with van der Waals surface area (Å²) >= 11 is 6.17. The number of carbonyl (C=O) groups excluding carboxylic acids is 2. The van der Waals surface area contributed by atoms with Crippen molar-refractivity contribution in [3.05, 3.63) is 107 Å². The molecule has 0 spiro atoms. The zero-order valence-corrected chi connectivity index (χ0v) is 17.4. The molecule has 0 radical (unpaired) electrons. The predicted molar refractivity (Wildman–Crippen MR) is 121 cm³/mol. The lowest BCUT2D eigenvalue weighted by Crippen LogP contribution is -2.43. The predicted octanol–water partition coefficient (Wildman–Crippen LogP) is 4.91. The van der Waals surface area contributed by atoms with Gasteiger partial charge in [0.15, 0.2) is 0 Å². The zero-order valence-electron chi connectivity index (χ0n) is 16.7. The standard InChI is InChI=1S/C25H21ClN2O3/c26-21-12-6-4-10-18(21)16-31-25(30)23(28-24(29)17-8-2-1-3-9-17)14-19-15-27-22-13-7-5-11-20(19)22/h1-13,15,23,27H,14,16H2,(H,28,29). The third-order valence-corrected chi connectivity index (χ3v) is 5.42. The van der Waals surface area contributed by atoms with Crippen LogP contribution in [0.2, 0.25) is 5.02 Å². The number of nitrogens with one attached hydrogen (secondary N) is 2. The van der Waals surface area contributed by atoms with E-state index < -0.39 is 12.0 Å². The maximum Gasteiger partial charge on any atom is 0.329 e. The van der Waals surface area contributed by atoms with Gasteiger partial charge in [0, 0.05) is 39.7 Å². The Balaban J connectivity index is 1.54. The Morgan fingerprint density at radius 2 is 1.61 bits per heavy atom. The average molecular weight is 433 g/mol. The third-order valence-electron chi connectivity index (χ3n) is 5.05. The van der Waals surface area contributed by atoms with Crippen LogP contribution in [0.1, 0.15) is 21.5 Å². The summed E-state index contributed by atoms with van der Waals surface area (Å²) in [6.45, 7) is 0.0318. The van der Waals surface area contributed by atoms with Gasteiger partial charge in [0.1, 0.15) is 12.6 Å². The first-order chi connectivity index (χ1) is 15.1. The summed E-state index contributed by atoms with van der Waals surface area (Å²) in [4.78, 5) is 28.9. The lowest BCUT2D eigenvalue weighted by atomic mass is 10.0. The number of H-pyrrole nitrogens is 1. The number of ether oxygens (including phenoxy) is 1. The largest absolute Gasteiger partial charge is 0.459 e. The molecule has 1 unspecified atom stereocenters. The summed E-state index contributed by atoms with van der Waals surface area (Å²) in [7, 11) is 0. The Kier molecular flexibility index (Phi) is 6.34. The summed E-state index contributed by atoms with van der Waals surface area (Å²) < 4.78 is 5.52. The average Bonchev–Trinajstić information content (AvgIpc) is 3.21. The molecule has 3 aromatic carbocycles. The first-order valence-corrected chi connectivity index (χ1v) is 10.3. The van der Waals surface area contributed by atoms with Crippen molar-refractivity contribution in [3.8, 4) is 0 Å². The minimum absolute atomic E-state index is 0.0318. The molecule has 1 aromatic heterocycles. The van der Waals surface area contributed by atoms with Crippen molar-refractivity contribution in [3.63, 3.8) is 0 Å². The molecule has 4 aromatic rings. The molecule has 0 aliphatic heterocycles. The van der Waals surface area contributed by atoms with Gasteiger partial charge in [-0.25, -0.2) is 4.79 Å². The summed E-state index contributed by atoms with van der Waals surface area (Å²) in [6.07, 6.45) is 2.15. The molecule has 1 amide bonds. The number of hydrogen-bond donors (Lipinski definition) is 2. The molecule has 2 N–H and O–H groups in total. The van der Waals surface area contributed by atoms with E-state index in [1.54, 1.807) is 36.4 Å². The number of aromatic amines is 1. The Labute approximate surface area is 185 Å². The summed E-state index contributed by atoms with van der Waals surface area (Å²) in [5.74, 6) is -0.852. The Morgan fingerprint density at radius 1 is 0.903 bits per heavy atom. The Bertz CT molecular complexity index is 1200. The van der Waals surface area contributed by atoms with Crippen LogP contribution in [-0.2, 0) is 22.6 Å². The van der Waals surface area contributed by atoms with E-state index in [-0.39, 0.29) is 12.5 Å². The molecule has 0 fully saturated rings. The van der Waals surface area contributed by atoms with Crippen molar-refractivity contribution in [2.24, 2.45) is 0 Å². The van der Waals surface area contributed by atoms with Crippen LogP contribution < -0.4 is 5.32 Å². The topological polar surface area (TPSA) is 71.2 Å². The van der Waals surface area contributed by atoms with E-state index in [2.05, 4.69) is 10.3 Å². The molecule has 0 saturated carbocycles. The lowest BCUT2D eigenvalue weighted by Gasteiger charge is -2.18. The quantitative estimate of drug-likeness (QED) is 0.408. The SMILES string of the molecule is O=C(NC(Cc1c[nH]c2ccccc12)C(=O)OCc1ccccc1Cl)c1ccccc1. The maximum absolute atomic E-state index is 13.0. The molecule has 156 valence electrons. The summed E-state index contributed by atoms with van der Waals surface area (Å²) in [5, 5.41) is 4.35. The molecule has 0 aliphatic carbocycles. The van der Waals surface area contributed by atoms with Crippen molar-refractivity contribution in [2.75, 3.05) is 0 Å². The number of carbonyl (C=O) groups is 2. The molecule has 1 atom stereocenters. The van der Waals surface area contributed by atoms with E-state index in [0.717, 1.165) is 16.5 Å². The smallest absolute Gasteiger partial charge is 0.329 e. The van der Waals surface area contributed by atoms with Gasteiger partial charge < -0.3 is 15.0 Å². The molecule has 4 rings (SSSR count). The fourth-order valence-electron chi connectivity index (χ4n) is 3.41. The van der Waals surface area contributed by atoms with Gasteiger partial charge in [0.25, 0.3) is 5.91 Å². The van der Waals surface area contributed by atoms with Gasteiger partial charge in [0.05, 0.1) is 0 Å². The number of fused-ring (bicyclic) bond motifs is 1. The van der Waals surface area contributed by atoms with Crippen molar-refractivity contribution in [1.82, 2.24) is 10.3 Å². The summed E-state index contributed by atoms with van der Waals surface area (Å²) in [6, 6.07) is 22.9. The van der Waals surface area contributed by atoms with Crippen molar-refractivity contribution < 1.29 is 14.3 Å². The molecular formula is C25H21ClN2O3. The second kappa shape index (κ2) is 9.49. The highest BCUT2D eigenvalue weighted by molar-refractivity contribution is 6.31. The molecular weight excluding hydrogens is 412 g/mol. The van der Waals surface area contributed by atoms with E-state index in [1.165, 1.54) is 0 Å². The molecule has 6 heteroatoms. The van der Waals surface area contributed by atoms with Crippen molar-refractivity contribution in [2.45, 2.75) is 19.1 Å². The zero-order chi connectivity index (χ0) is 21.6. The highest BCUT2D eigenvalue weighted by Crippen LogP contribution is 2.20. The van der Waals surface area contributed by atoms with Crippen LogP contribution in [0.4, 0.5) is 0 Å². The van der Waals surface area contributed by atoms with Gasteiger partial charge in [-0.3, -0.25) is 4.79 Å². The van der Waals surface area contributed by atoms with Crippen LogP contribution in [-0.4, -0.2) is 22.9 Å². The molecule has 0 saturated heterocycles. The van der Waals surface area contributed by atoms with Gasteiger partial charge >= 0.3 is 5.97 Å². The number of benzene rings is 3. The second-order valence-corrected chi connectivity index (χ2v) is 7.56. The monoisotopic (exact) mass is 432 g/mol. The minimum atomic E-state index is -0.852. The van der Waals surface area contributed by atoms with Crippen molar-refractivity contribution >= 4 is 34.4 Å². The molecule has 1 heterocycles. The van der Waals surface area contributed by atoms with E-state index in [9.17, 15) is 9.59 Å². The summed E-state index contributed by atoms with van der Waals surface area (Å²) in [5.41, 5.74) is 3.07. The van der Waals surface area contributed by atoms with Gasteiger partial charge in [-0.15, -0.1) is 0 Å². The van der Waals surface area contributed by atoms with Gasteiger partial charge in [-0.1, -0.05) is 66.2 Å². The lowest BCUT2D eigenvalue weighted by molar-refractivity contribution is -0.147. The van der Waals surface area contributed by atoms with Crippen LogP contribution in [0, 0.1) is 0 Å². The maximum atomic E-state index is 13.0. The highest BCUT2D eigenvalue weighted by Gasteiger charge is 2.25. The number of para-hydroxylation sites is 1. The van der Waals surface area contributed by atoms with Crippen LogP contribution >= 0.6 is 11.6 Å². The second-order valence-electron chi connectivity index (χ2n) is 7.15. The van der Waals surface area contributed by atoms with E-state index in [4.69, 9.17) is 16.3 Å². The number of aromatic nitrogens is 1. The number of amides is 1. The van der Waals surface area contributed by atoms with Gasteiger partial charge in [-0.05, 0) is 29.8 Å². The third kappa shape index (κ3) is 4.95. The normalized spacial score (nSPS) is 11.8. The van der Waals surface area contributed by atoms with E-state index in [1.807, 2.05) is 48.7 Å². The van der Waals surface area contributed by atoms with Crippen LogP contribution in [0.15, 0.2) is 85.1 Å². The highest BCUT2D eigenvalue weighted by atomic mass is 35.5. The van der Waals surface area contributed by atoms with E-state index in [0.29, 0.717) is 22.6 Å². The molecule has 31 heavy (non-hydrogen) atoms. The number of hydrogen-bond acceptors (Lipinski definition) is 3. The fraction of sp³-hybridized carbons (Fsp3) is 0.120. The van der Waals surface area contributed by atoms with Crippen LogP contribution in [0.25, 0.3) is 10.9 Å². The van der Waals surface area contributed by atoms with E-state index >= 15 is 0 Å². The number of esters is 1. The number of rotatable bonds is 7. The Hall–Kier alpha value is -3.57. The van der Waals surface area contributed by atoms with Gasteiger partial charge in [0.2, 0.25) is 0 Å². The minimum Gasteiger partial charge on any atom is -0.459 e. The van der Waals surface area contributed by atoms with Crippen molar-refractivity contribution in [1.29, 1.82) is 0 Å². The molecule has 0 aliphatic rings. The number of halogens is 1. The Morgan fingerprint density at radius 3 is 2.42 bits per heavy atom. The fourth-order valence-corrected chi connectivity index (χ4v) is 3.60. The molecule has 0 bridgehead atoms. The van der Waals surface area contributed by atoms with Crippen LogP contribution in [0.3, 0.4) is 0 Å². The van der Waals surface area contributed by atoms with Crippen LogP contribution in [0.5, 0.6) is 0 Å². The first kappa shape index (κ1) is 20.7. The molecule has 5 nitrogen and oxygen atoms in total. The van der Waals surface area contributed by atoms with Gasteiger partial charge in [-0.2, -0.15) is 0 Å².